The van der Waals surface area contributed by atoms with Gasteiger partial charge in [0.05, 0.1) is 17.3 Å². The molecular formula is C14H24N2OS. The molecule has 0 amide bonds. The van der Waals surface area contributed by atoms with Gasteiger partial charge in [-0.2, -0.15) is 0 Å². The van der Waals surface area contributed by atoms with Crippen LogP contribution in [0.5, 0.6) is 0 Å². The molecule has 2 atom stereocenters. The molecule has 0 aromatic carbocycles. The largest absolute Gasteiger partial charge is 0.378 e. The van der Waals surface area contributed by atoms with Gasteiger partial charge in [0.1, 0.15) is 0 Å². The molecule has 1 aromatic heterocycles. The Morgan fingerprint density at radius 1 is 1.61 bits per heavy atom. The quantitative estimate of drug-likeness (QED) is 0.822. The highest BCUT2D eigenvalue weighted by atomic mass is 32.1. The van der Waals surface area contributed by atoms with E-state index in [1.165, 1.54) is 42.7 Å². The van der Waals surface area contributed by atoms with E-state index in [-0.39, 0.29) is 0 Å². The number of aryl methyl sites for hydroxylation is 1. The minimum atomic E-state index is 0.476. The van der Waals surface area contributed by atoms with Gasteiger partial charge in [-0.05, 0) is 45.6 Å². The standard InChI is InChI=1S/C14H24N2OS/c1-3-15-13(14-11(2)16-10-18-14)8-4-6-12-7-5-9-17-12/h10,12-13,15H,3-9H2,1-2H3. The molecule has 1 saturated heterocycles. The summed E-state index contributed by atoms with van der Waals surface area (Å²) in [4.78, 5) is 5.77. The minimum Gasteiger partial charge on any atom is -0.378 e. The van der Waals surface area contributed by atoms with Crippen molar-refractivity contribution in [1.82, 2.24) is 10.3 Å². The minimum absolute atomic E-state index is 0.476. The lowest BCUT2D eigenvalue weighted by atomic mass is 10.0. The molecule has 2 heterocycles. The smallest absolute Gasteiger partial charge is 0.0798 e. The van der Waals surface area contributed by atoms with Gasteiger partial charge < -0.3 is 10.1 Å². The molecule has 2 rings (SSSR count). The summed E-state index contributed by atoms with van der Waals surface area (Å²) < 4.78 is 5.68. The van der Waals surface area contributed by atoms with Crippen LogP contribution in [0.2, 0.25) is 0 Å². The lowest BCUT2D eigenvalue weighted by Crippen LogP contribution is -2.21. The molecule has 3 nitrogen and oxygen atoms in total. The van der Waals surface area contributed by atoms with Crippen LogP contribution in [0.4, 0.5) is 0 Å². The van der Waals surface area contributed by atoms with Gasteiger partial charge in [0.15, 0.2) is 0 Å². The molecule has 102 valence electrons. The second-order valence-corrected chi connectivity index (χ2v) is 5.86. The SMILES string of the molecule is CCNC(CCCC1CCCO1)c1scnc1C. The first kappa shape index (κ1) is 14.0. The van der Waals surface area contributed by atoms with Crippen molar-refractivity contribution in [2.45, 2.75) is 58.1 Å². The van der Waals surface area contributed by atoms with Crippen molar-refractivity contribution in [3.05, 3.63) is 16.1 Å². The highest BCUT2D eigenvalue weighted by Gasteiger charge is 2.18. The summed E-state index contributed by atoms with van der Waals surface area (Å²) in [5.41, 5.74) is 3.14. The Morgan fingerprint density at radius 2 is 2.50 bits per heavy atom. The number of nitrogens with one attached hydrogen (secondary N) is 1. The van der Waals surface area contributed by atoms with Crippen LogP contribution in [-0.2, 0) is 4.74 Å². The van der Waals surface area contributed by atoms with Crippen molar-refractivity contribution in [2.75, 3.05) is 13.2 Å². The topological polar surface area (TPSA) is 34.1 Å². The van der Waals surface area contributed by atoms with Gasteiger partial charge in [-0.3, -0.25) is 0 Å². The van der Waals surface area contributed by atoms with Crippen molar-refractivity contribution < 1.29 is 4.74 Å². The average molecular weight is 268 g/mol. The first-order valence-corrected chi connectivity index (χ1v) is 7.94. The van der Waals surface area contributed by atoms with Gasteiger partial charge in [0.25, 0.3) is 0 Å². The van der Waals surface area contributed by atoms with E-state index in [0.717, 1.165) is 13.2 Å². The number of ether oxygens (including phenoxy) is 1. The first-order chi connectivity index (χ1) is 8.81. The predicted octanol–water partition coefficient (Wildman–Crippen LogP) is 3.45. The maximum Gasteiger partial charge on any atom is 0.0798 e. The normalized spacial score (nSPS) is 21.3. The van der Waals surface area contributed by atoms with Gasteiger partial charge in [-0.1, -0.05) is 6.92 Å². The fourth-order valence-electron chi connectivity index (χ4n) is 2.64. The van der Waals surface area contributed by atoms with Gasteiger partial charge in [-0.15, -0.1) is 11.3 Å². The molecule has 1 aliphatic heterocycles. The Labute approximate surface area is 114 Å². The van der Waals surface area contributed by atoms with Crippen LogP contribution in [0.3, 0.4) is 0 Å². The molecule has 1 aromatic rings. The van der Waals surface area contributed by atoms with E-state index >= 15 is 0 Å². The summed E-state index contributed by atoms with van der Waals surface area (Å²) in [6.45, 7) is 6.26. The molecule has 1 fully saturated rings. The molecule has 0 saturated carbocycles. The number of rotatable bonds is 7. The monoisotopic (exact) mass is 268 g/mol. The number of thiazole rings is 1. The van der Waals surface area contributed by atoms with E-state index in [4.69, 9.17) is 4.74 Å². The first-order valence-electron chi connectivity index (χ1n) is 7.06. The van der Waals surface area contributed by atoms with Crippen LogP contribution in [0.1, 0.15) is 55.6 Å². The summed E-state index contributed by atoms with van der Waals surface area (Å²) in [6.07, 6.45) is 6.66. The van der Waals surface area contributed by atoms with Crippen LogP contribution in [0.25, 0.3) is 0 Å². The molecule has 0 bridgehead atoms. The van der Waals surface area contributed by atoms with Crippen LogP contribution < -0.4 is 5.32 Å². The number of aromatic nitrogens is 1. The Balaban J connectivity index is 1.80. The van der Waals surface area contributed by atoms with Gasteiger partial charge in [-0.25, -0.2) is 4.98 Å². The molecule has 1 N–H and O–H groups in total. The van der Waals surface area contributed by atoms with E-state index in [1.54, 1.807) is 11.3 Å². The summed E-state index contributed by atoms with van der Waals surface area (Å²) in [7, 11) is 0. The van der Waals surface area contributed by atoms with E-state index in [0.29, 0.717) is 12.1 Å². The second-order valence-electron chi connectivity index (χ2n) is 4.98. The van der Waals surface area contributed by atoms with Crippen molar-refractivity contribution in [2.24, 2.45) is 0 Å². The third-order valence-corrected chi connectivity index (χ3v) is 4.64. The summed E-state index contributed by atoms with van der Waals surface area (Å²) in [5.74, 6) is 0. The van der Waals surface area contributed by atoms with Crippen LogP contribution in [0.15, 0.2) is 5.51 Å². The van der Waals surface area contributed by atoms with Crippen molar-refractivity contribution >= 4 is 11.3 Å². The third kappa shape index (κ3) is 3.77. The Kier molecular flexibility index (Phi) is 5.60. The zero-order chi connectivity index (χ0) is 12.8. The maximum atomic E-state index is 5.68. The lowest BCUT2D eigenvalue weighted by molar-refractivity contribution is 0.101. The molecule has 2 unspecified atom stereocenters. The number of nitrogens with zero attached hydrogens (tertiary/aromatic N) is 1. The van der Waals surface area contributed by atoms with Crippen LogP contribution >= 0.6 is 11.3 Å². The molecule has 18 heavy (non-hydrogen) atoms. The number of hydrogen-bond donors (Lipinski definition) is 1. The summed E-state index contributed by atoms with van der Waals surface area (Å²) in [6, 6.07) is 0.476. The van der Waals surface area contributed by atoms with Crippen molar-refractivity contribution in [1.29, 1.82) is 0 Å². The molecule has 1 aliphatic rings. The average Bonchev–Trinajstić information content (AvgIpc) is 2.99. The van der Waals surface area contributed by atoms with Crippen LogP contribution in [0, 0.1) is 6.92 Å². The van der Waals surface area contributed by atoms with E-state index in [9.17, 15) is 0 Å². The highest BCUT2D eigenvalue weighted by Crippen LogP contribution is 2.27. The molecule has 0 spiro atoms. The zero-order valence-electron chi connectivity index (χ0n) is 11.4. The fraction of sp³-hybridized carbons (Fsp3) is 0.786. The molecule has 0 aliphatic carbocycles. The summed E-state index contributed by atoms with van der Waals surface area (Å²) >= 11 is 1.78. The molecule has 4 heteroatoms. The van der Waals surface area contributed by atoms with Crippen molar-refractivity contribution in [3.8, 4) is 0 Å². The Hall–Kier alpha value is -0.450. The van der Waals surface area contributed by atoms with E-state index in [1.807, 2.05) is 5.51 Å². The molecule has 0 radical (unpaired) electrons. The summed E-state index contributed by atoms with van der Waals surface area (Å²) in [5, 5.41) is 3.58. The van der Waals surface area contributed by atoms with Gasteiger partial charge >= 0.3 is 0 Å². The third-order valence-electron chi connectivity index (χ3n) is 3.59. The van der Waals surface area contributed by atoms with E-state index in [2.05, 4.69) is 24.1 Å². The fourth-order valence-corrected chi connectivity index (χ4v) is 3.55. The maximum absolute atomic E-state index is 5.68. The van der Waals surface area contributed by atoms with Crippen molar-refractivity contribution in [3.63, 3.8) is 0 Å². The van der Waals surface area contributed by atoms with Gasteiger partial charge in [0, 0.05) is 17.5 Å². The Morgan fingerprint density at radius 3 is 3.11 bits per heavy atom. The van der Waals surface area contributed by atoms with Crippen LogP contribution in [-0.4, -0.2) is 24.2 Å². The Bertz CT molecular complexity index is 347. The molecular weight excluding hydrogens is 244 g/mol. The van der Waals surface area contributed by atoms with Gasteiger partial charge in [0.2, 0.25) is 0 Å². The second kappa shape index (κ2) is 7.22. The predicted molar refractivity (Wildman–Crippen MR) is 76.1 cm³/mol. The lowest BCUT2D eigenvalue weighted by Gasteiger charge is -2.18. The van der Waals surface area contributed by atoms with E-state index < -0.39 is 0 Å². The number of hydrogen-bond acceptors (Lipinski definition) is 4. The highest BCUT2D eigenvalue weighted by molar-refractivity contribution is 7.09. The zero-order valence-corrected chi connectivity index (χ0v) is 12.3.